The van der Waals surface area contributed by atoms with Crippen molar-refractivity contribution < 1.29 is 43.5 Å². The summed E-state index contributed by atoms with van der Waals surface area (Å²) in [5, 5.41) is 22.2. The molecule has 3 heterocycles. The number of ether oxygens (including phenoxy) is 5. The second-order valence-electron chi connectivity index (χ2n) is 13.3. The number of hydrogen-bond donors (Lipinski definition) is 2. The molecule has 4 atom stereocenters. The normalized spacial score (nSPS) is 24.9. The Labute approximate surface area is 263 Å². The highest BCUT2D eigenvalue weighted by Crippen LogP contribution is 2.55. The van der Waals surface area contributed by atoms with Crippen molar-refractivity contribution in [2.24, 2.45) is 0 Å². The predicted octanol–water partition coefficient (Wildman–Crippen LogP) is 4.15. The molecule has 45 heavy (non-hydrogen) atoms. The van der Waals surface area contributed by atoms with E-state index in [9.17, 15) is 19.8 Å². The summed E-state index contributed by atoms with van der Waals surface area (Å²) in [6, 6.07) is 13.2. The van der Waals surface area contributed by atoms with Crippen molar-refractivity contribution in [2.75, 3.05) is 27.0 Å². The van der Waals surface area contributed by atoms with Gasteiger partial charge < -0.3 is 33.9 Å². The summed E-state index contributed by atoms with van der Waals surface area (Å²) in [6.45, 7) is 5.22. The largest absolute Gasteiger partial charge is 0.497 e. The van der Waals surface area contributed by atoms with Crippen LogP contribution >= 0.6 is 0 Å². The maximum Gasteiger partial charge on any atom is 0.339 e. The highest BCUT2D eigenvalue weighted by molar-refractivity contribution is 5.86. The van der Waals surface area contributed by atoms with Gasteiger partial charge in [0, 0.05) is 6.54 Å². The summed E-state index contributed by atoms with van der Waals surface area (Å²) in [4.78, 5) is 29.6. The Morgan fingerprint density at radius 3 is 2.56 bits per heavy atom. The number of nitrogens with zero attached hydrogens (tertiary/aromatic N) is 1. The van der Waals surface area contributed by atoms with E-state index in [2.05, 4.69) is 11.0 Å². The molecule has 2 aromatic rings. The maximum atomic E-state index is 14.1. The van der Waals surface area contributed by atoms with E-state index in [1.807, 2.05) is 42.5 Å². The molecule has 2 aromatic carbocycles. The van der Waals surface area contributed by atoms with Gasteiger partial charge in [-0.2, -0.15) is 0 Å². The third-order valence-electron chi connectivity index (χ3n) is 9.64. The van der Waals surface area contributed by atoms with Gasteiger partial charge in [-0.15, -0.1) is 0 Å². The van der Waals surface area contributed by atoms with Gasteiger partial charge in [0.2, 0.25) is 6.79 Å². The average molecular weight is 622 g/mol. The van der Waals surface area contributed by atoms with E-state index >= 15 is 0 Å². The Bertz CT molecular complexity index is 1450. The number of methoxy groups -OCH3 is 1. The van der Waals surface area contributed by atoms with Crippen LogP contribution in [0.5, 0.6) is 11.5 Å². The SMILES string of the molecule is COC1=CC23CCCN2CCc2cc4c(cc2C3C1OC(=O)C(O)(CCCC(C)(C)O)CC(=O)OCc1ccccc1)OCO4. The summed E-state index contributed by atoms with van der Waals surface area (Å²) in [5.74, 6) is -0.104. The van der Waals surface area contributed by atoms with Crippen molar-refractivity contribution in [2.45, 2.75) is 94.2 Å². The van der Waals surface area contributed by atoms with Crippen LogP contribution in [0, 0.1) is 0 Å². The van der Waals surface area contributed by atoms with Crippen molar-refractivity contribution in [1.82, 2.24) is 4.90 Å². The van der Waals surface area contributed by atoms with Gasteiger partial charge in [-0.3, -0.25) is 9.69 Å². The first kappa shape index (κ1) is 31.4. The van der Waals surface area contributed by atoms with Crippen LogP contribution in [-0.4, -0.2) is 76.9 Å². The Hall–Kier alpha value is -3.60. The predicted molar refractivity (Wildman–Crippen MR) is 163 cm³/mol. The maximum absolute atomic E-state index is 14.1. The van der Waals surface area contributed by atoms with Gasteiger partial charge in [-0.25, -0.2) is 4.79 Å². The molecular weight excluding hydrogens is 578 g/mol. The number of hydrogen-bond acceptors (Lipinski definition) is 10. The number of fused-ring (bicyclic) bond motifs is 3. The quantitative estimate of drug-likeness (QED) is 0.354. The minimum Gasteiger partial charge on any atom is -0.497 e. The van der Waals surface area contributed by atoms with Gasteiger partial charge in [0.25, 0.3) is 0 Å². The molecule has 4 aliphatic rings. The Balaban J connectivity index is 1.29. The summed E-state index contributed by atoms with van der Waals surface area (Å²) in [7, 11) is 1.56. The molecule has 2 N–H and O–H groups in total. The highest BCUT2D eigenvalue weighted by Gasteiger charge is 2.59. The Morgan fingerprint density at radius 2 is 1.82 bits per heavy atom. The van der Waals surface area contributed by atoms with Gasteiger partial charge in [0.15, 0.2) is 23.2 Å². The minimum absolute atomic E-state index is 0.0149. The topological polar surface area (TPSA) is 124 Å². The summed E-state index contributed by atoms with van der Waals surface area (Å²) in [6.07, 6.45) is 3.81. The van der Waals surface area contributed by atoms with Crippen LogP contribution in [0.4, 0.5) is 0 Å². The van der Waals surface area contributed by atoms with Crippen LogP contribution in [0.2, 0.25) is 0 Å². The Morgan fingerprint density at radius 1 is 1.07 bits per heavy atom. The fraction of sp³-hybridized carbons (Fsp3) is 0.543. The van der Waals surface area contributed by atoms with E-state index in [1.165, 1.54) is 0 Å². The lowest BCUT2D eigenvalue weighted by Crippen LogP contribution is -2.49. The Kier molecular flexibility index (Phi) is 8.58. The lowest BCUT2D eigenvalue weighted by molar-refractivity contribution is -0.179. The van der Waals surface area contributed by atoms with Gasteiger partial charge in [0.05, 0.1) is 30.6 Å². The molecule has 242 valence electrons. The zero-order chi connectivity index (χ0) is 31.8. The second kappa shape index (κ2) is 12.3. The van der Waals surface area contributed by atoms with Gasteiger partial charge in [-0.1, -0.05) is 30.3 Å². The lowest BCUT2D eigenvalue weighted by atomic mass is 9.77. The van der Waals surface area contributed by atoms with E-state index in [-0.39, 0.29) is 32.2 Å². The number of aliphatic hydroxyl groups is 2. The molecule has 0 radical (unpaired) electrons. The smallest absolute Gasteiger partial charge is 0.339 e. The number of rotatable bonds is 11. The van der Waals surface area contributed by atoms with Gasteiger partial charge in [0.1, 0.15) is 12.4 Å². The summed E-state index contributed by atoms with van der Waals surface area (Å²) < 4.78 is 29.0. The summed E-state index contributed by atoms with van der Waals surface area (Å²) >= 11 is 0. The lowest BCUT2D eigenvalue weighted by Gasteiger charge is -2.39. The first-order chi connectivity index (χ1) is 21.5. The first-order valence-electron chi connectivity index (χ1n) is 15.8. The molecule has 4 unspecified atom stereocenters. The summed E-state index contributed by atoms with van der Waals surface area (Å²) in [5.41, 5.74) is -0.745. The van der Waals surface area contributed by atoms with Crippen molar-refractivity contribution in [3.63, 3.8) is 0 Å². The zero-order valence-electron chi connectivity index (χ0n) is 26.3. The third-order valence-corrected chi connectivity index (χ3v) is 9.64. The molecule has 10 nitrogen and oxygen atoms in total. The molecule has 1 saturated heterocycles. The van der Waals surface area contributed by atoms with E-state index < -0.39 is 41.2 Å². The number of benzene rings is 2. The zero-order valence-corrected chi connectivity index (χ0v) is 26.3. The van der Waals surface area contributed by atoms with Crippen molar-refractivity contribution in [3.8, 4) is 11.5 Å². The molecule has 0 bridgehead atoms. The van der Waals surface area contributed by atoms with Crippen LogP contribution in [0.3, 0.4) is 0 Å². The van der Waals surface area contributed by atoms with Crippen LogP contribution in [0.1, 0.15) is 75.0 Å². The van der Waals surface area contributed by atoms with Crippen LogP contribution in [0.15, 0.2) is 54.3 Å². The number of carbonyl (C=O) groups is 2. The van der Waals surface area contributed by atoms with Gasteiger partial charge >= 0.3 is 11.9 Å². The fourth-order valence-corrected chi connectivity index (χ4v) is 7.42. The van der Waals surface area contributed by atoms with Crippen LogP contribution in [-0.2, 0) is 36.8 Å². The van der Waals surface area contributed by atoms with E-state index in [0.717, 1.165) is 49.0 Å². The molecular formula is C35H43NO9. The minimum atomic E-state index is -2.18. The second-order valence-corrected chi connectivity index (χ2v) is 13.3. The molecule has 0 amide bonds. The molecule has 1 spiro atoms. The molecule has 0 saturated carbocycles. The molecule has 3 aliphatic heterocycles. The van der Waals surface area contributed by atoms with Crippen molar-refractivity contribution in [3.05, 3.63) is 71.0 Å². The molecule has 6 rings (SSSR count). The van der Waals surface area contributed by atoms with Crippen LogP contribution in [0.25, 0.3) is 0 Å². The van der Waals surface area contributed by atoms with Crippen molar-refractivity contribution >= 4 is 11.9 Å². The third kappa shape index (κ3) is 6.28. The fourth-order valence-electron chi connectivity index (χ4n) is 7.42. The molecule has 1 fully saturated rings. The van der Waals surface area contributed by atoms with E-state index in [0.29, 0.717) is 23.7 Å². The van der Waals surface area contributed by atoms with E-state index in [1.54, 1.807) is 21.0 Å². The van der Waals surface area contributed by atoms with Gasteiger partial charge in [-0.05, 0) is 93.8 Å². The molecule has 0 aromatic heterocycles. The van der Waals surface area contributed by atoms with Crippen LogP contribution < -0.4 is 9.47 Å². The molecule has 1 aliphatic carbocycles. The monoisotopic (exact) mass is 621 g/mol. The molecule has 10 heteroatoms. The first-order valence-corrected chi connectivity index (χ1v) is 15.8. The standard InChI is InChI=1S/C35H43NO9/c1-33(2,39)12-7-14-35(40,20-29(37)42-21-23-9-5-4-6-10-23)32(38)45-31-28(41-3)19-34-13-8-15-36(34)16-11-24-17-26-27(44-22-43-26)18-25(24)30(31)34/h4-6,9-10,17-19,30-31,39-40H,7-8,11-16,20-22H2,1-3H3. The average Bonchev–Trinajstić information content (AvgIpc) is 3.69. The van der Waals surface area contributed by atoms with E-state index in [4.69, 9.17) is 23.7 Å². The number of carbonyl (C=O) groups excluding carboxylic acids is 2. The number of esters is 2. The van der Waals surface area contributed by atoms with Crippen molar-refractivity contribution in [1.29, 1.82) is 0 Å². The highest BCUT2D eigenvalue weighted by atomic mass is 16.7.